The molecule has 24 heavy (non-hydrogen) atoms. The lowest BCUT2D eigenvalue weighted by atomic mass is 9.91. The van der Waals surface area contributed by atoms with Crippen LogP contribution in [0.25, 0.3) is 0 Å². The molecule has 0 rings (SSSR count). The molecule has 0 aliphatic carbocycles. The summed E-state index contributed by atoms with van der Waals surface area (Å²) in [5, 5.41) is 1.09. The summed E-state index contributed by atoms with van der Waals surface area (Å²) in [6.07, 6.45) is 18.1. The normalized spacial score (nSPS) is 11.2. The molecule has 0 spiro atoms. The fraction of sp³-hybridized carbons (Fsp3) is 0.952. The number of halogens is 1. The number of ether oxygens (including phenoxy) is 1. The smallest absolute Gasteiger partial charge is 0.305 e. The average Bonchev–Trinajstić information content (AvgIpc) is 2.59. The minimum atomic E-state index is 0.00371. The van der Waals surface area contributed by atoms with Crippen LogP contribution in [0.4, 0.5) is 0 Å². The molecule has 0 aromatic carbocycles. The molecule has 2 nitrogen and oxygen atoms in total. The Morgan fingerprint density at radius 1 is 0.792 bits per heavy atom. The second-order valence-corrected chi connectivity index (χ2v) is 7.87. The molecule has 0 unspecified atom stereocenters. The first kappa shape index (κ1) is 23.9. The van der Waals surface area contributed by atoms with Gasteiger partial charge in [0.2, 0.25) is 0 Å². The van der Waals surface area contributed by atoms with Gasteiger partial charge in [0.05, 0.1) is 6.61 Å². The number of esters is 1. The highest BCUT2D eigenvalue weighted by Gasteiger charge is 2.08. The fourth-order valence-electron chi connectivity index (χ4n) is 3.11. The van der Waals surface area contributed by atoms with Crippen LogP contribution in [-0.4, -0.2) is 17.9 Å². The van der Waals surface area contributed by atoms with E-state index in [0.717, 1.165) is 30.5 Å². The molecule has 0 heterocycles. The molecule has 0 N–H and O–H groups in total. The molecule has 3 heteroatoms. The number of hydrogen-bond donors (Lipinski definition) is 0. The Hall–Kier alpha value is -0.0500. The Morgan fingerprint density at radius 3 is 2.00 bits per heavy atom. The zero-order chi connectivity index (χ0) is 17.9. The van der Waals surface area contributed by atoms with Crippen molar-refractivity contribution < 1.29 is 9.53 Å². The first-order chi connectivity index (χ1) is 11.7. The fourth-order valence-corrected chi connectivity index (χ4v) is 3.50. The molecule has 0 aliphatic rings. The van der Waals surface area contributed by atoms with Crippen LogP contribution in [0, 0.1) is 5.92 Å². The zero-order valence-electron chi connectivity index (χ0n) is 16.3. The summed E-state index contributed by atoms with van der Waals surface area (Å²) >= 11 is 3.44. The van der Waals surface area contributed by atoms with Gasteiger partial charge in [0.15, 0.2) is 0 Å². The molecule has 0 amide bonds. The molecular formula is C21H41BrO2. The van der Waals surface area contributed by atoms with E-state index in [1.54, 1.807) is 0 Å². The summed E-state index contributed by atoms with van der Waals surface area (Å²) in [4.78, 5) is 11.7. The Bertz CT molecular complexity index is 261. The van der Waals surface area contributed by atoms with Crippen LogP contribution in [0.2, 0.25) is 0 Å². The van der Waals surface area contributed by atoms with Crippen molar-refractivity contribution in [2.75, 3.05) is 11.9 Å². The maximum atomic E-state index is 11.7. The van der Waals surface area contributed by atoms with Crippen molar-refractivity contribution in [3.8, 4) is 0 Å². The highest BCUT2D eigenvalue weighted by Crippen LogP contribution is 2.22. The maximum Gasteiger partial charge on any atom is 0.305 e. The molecule has 0 fully saturated rings. The first-order valence-corrected chi connectivity index (χ1v) is 11.6. The standard InChI is InChI=1S/C21H41BrO2/c1-3-5-14-20(15-6-4-2)16-11-13-19-24-21(23)17-10-8-7-9-12-18-22/h20H,3-19H2,1-2H3. The Kier molecular flexibility index (Phi) is 19.2. The summed E-state index contributed by atoms with van der Waals surface area (Å²) in [6, 6.07) is 0. The molecule has 144 valence electrons. The van der Waals surface area contributed by atoms with Crippen LogP contribution >= 0.6 is 15.9 Å². The number of carbonyl (C=O) groups excluding carboxylic acids is 1. The third kappa shape index (κ3) is 16.8. The lowest BCUT2D eigenvalue weighted by Crippen LogP contribution is -2.07. The highest BCUT2D eigenvalue weighted by molar-refractivity contribution is 9.09. The average molecular weight is 405 g/mol. The van der Waals surface area contributed by atoms with Crippen LogP contribution < -0.4 is 0 Å². The van der Waals surface area contributed by atoms with Crippen LogP contribution in [-0.2, 0) is 9.53 Å². The van der Waals surface area contributed by atoms with Gasteiger partial charge in [-0.1, -0.05) is 94.0 Å². The van der Waals surface area contributed by atoms with Crippen molar-refractivity contribution in [1.29, 1.82) is 0 Å². The molecule has 0 saturated carbocycles. The molecular weight excluding hydrogens is 364 g/mol. The van der Waals surface area contributed by atoms with Crippen molar-refractivity contribution in [3.63, 3.8) is 0 Å². The summed E-state index contributed by atoms with van der Waals surface area (Å²) in [5.74, 6) is 0.893. The lowest BCUT2D eigenvalue weighted by molar-refractivity contribution is -0.143. The van der Waals surface area contributed by atoms with E-state index in [1.165, 1.54) is 70.6 Å². The molecule has 0 atom stereocenters. The highest BCUT2D eigenvalue weighted by atomic mass is 79.9. The topological polar surface area (TPSA) is 26.3 Å². The monoisotopic (exact) mass is 404 g/mol. The van der Waals surface area contributed by atoms with Gasteiger partial charge in [-0.2, -0.15) is 0 Å². The third-order valence-electron chi connectivity index (χ3n) is 4.72. The second kappa shape index (κ2) is 19.3. The van der Waals surface area contributed by atoms with Gasteiger partial charge >= 0.3 is 5.97 Å². The number of carbonyl (C=O) groups is 1. The summed E-state index contributed by atoms with van der Waals surface area (Å²) in [6.45, 7) is 5.17. The van der Waals surface area contributed by atoms with Crippen LogP contribution in [0.1, 0.15) is 110 Å². The quantitative estimate of drug-likeness (QED) is 0.135. The predicted molar refractivity (Wildman–Crippen MR) is 109 cm³/mol. The molecule has 0 saturated heterocycles. The number of hydrogen-bond acceptors (Lipinski definition) is 2. The van der Waals surface area contributed by atoms with Gasteiger partial charge < -0.3 is 4.74 Å². The van der Waals surface area contributed by atoms with Crippen LogP contribution in [0.15, 0.2) is 0 Å². The Morgan fingerprint density at radius 2 is 1.38 bits per heavy atom. The van der Waals surface area contributed by atoms with E-state index in [2.05, 4.69) is 29.8 Å². The molecule has 0 aromatic rings. The minimum Gasteiger partial charge on any atom is -0.466 e. The van der Waals surface area contributed by atoms with E-state index in [4.69, 9.17) is 4.74 Å². The number of alkyl halides is 1. The van der Waals surface area contributed by atoms with E-state index in [1.807, 2.05) is 0 Å². The van der Waals surface area contributed by atoms with Gasteiger partial charge in [0.1, 0.15) is 0 Å². The van der Waals surface area contributed by atoms with Crippen molar-refractivity contribution >= 4 is 21.9 Å². The van der Waals surface area contributed by atoms with Gasteiger partial charge in [-0.3, -0.25) is 4.79 Å². The molecule has 0 radical (unpaired) electrons. The molecule has 0 bridgehead atoms. The van der Waals surface area contributed by atoms with Gasteiger partial charge in [0.25, 0.3) is 0 Å². The van der Waals surface area contributed by atoms with E-state index in [-0.39, 0.29) is 5.97 Å². The number of unbranched alkanes of at least 4 members (excludes halogenated alkanes) is 7. The van der Waals surface area contributed by atoms with Crippen molar-refractivity contribution in [1.82, 2.24) is 0 Å². The minimum absolute atomic E-state index is 0.00371. The van der Waals surface area contributed by atoms with Gasteiger partial charge in [0, 0.05) is 11.8 Å². The summed E-state index contributed by atoms with van der Waals surface area (Å²) in [5.41, 5.74) is 0. The van der Waals surface area contributed by atoms with Gasteiger partial charge in [-0.25, -0.2) is 0 Å². The Labute approximate surface area is 159 Å². The van der Waals surface area contributed by atoms with Crippen LogP contribution in [0.5, 0.6) is 0 Å². The maximum absolute atomic E-state index is 11.7. The number of rotatable bonds is 18. The predicted octanol–water partition coefficient (Wildman–Crippen LogP) is 7.43. The zero-order valence-corrected chi connectivity index (χ0v) is 17.9. The van der Waals surface area contributed by atoms with E-state index >= 15 is 0 Å². The van der Waals surface area contributed by atoms with Gasteiger partial charge in [-0.05, 0) is 31.6 Å². The third-order valence-corrected chi connectivity index (χ3v) is 5.28. The van der Waals surface area contributed by atoms with E-state index in [9.17, 15) is 4.79 Å². The van der Waals surface area contributed by atoms with Crippen molar-refractivity contribution in [2.45, 2.75) is 110 Å². The Balaban J connectivity index is 3.52. The molecule has 0 aromatic heterocycles. The van der Waals surface area contributed by atoms with Crippen molar-refractivity contribution in [3.05, 3.63) is 0 Å². The second-order valence-electron chi connectivity index (χ2n) is 7.07. The SMILES string of the molecule is CCCCC(CCCC)CCCCOC(=O)CCCCCCCBr. The summed E-state index contributed by atoms with van der Waals surface area (Å²) < 4.78 is 5.37. The summed E-state index contributed by atoms with van der Waals surface area (Å²) in [7, 11) is 0. The largest absolute Gasteiger partial charge is 0.466 e. The van der Waals surface area contributed by atoms with Crippen molar-refractivity contribution in [2.24, 2.45) is 5.92 Å². The van der Waals surface area contributed by atoms with Gasteiger partial charge in [-0.15, -0.1) is 0 Å². The van der Waals surface area contributed by atoms with E-state index < -0.39 is 0 Å². The first-order valence-electron chi connectivity index (χ1n) is 10.5. The van der Waals surface area contributed by atoms with Crippen LogP contribution in [0.3, 0.4) is 0 Å². The molecule has 0 aliphatic heterocycles. The lowest BCUT2D eigenvalue weighted by Gasteiger charge is -2.16. The van der Waals surface area contributed by atoms with E-state index in [0.29, 0.717) is 13.0 Å².